The molecule has 0 amide bonds. The summed E-state index contributed by atoms with van der Waals surface area (Å²) in [6, 6.07) is 16.2. The SMILES string of the molecule is N#Cc1cccnc1N[C@H]1CN(Cc2ccccc2)CC[C@H]1CO. The first-order chi connectivity index (χ1) is 11.8. The Morgan fingerprint density at radius 2 is 2.08 bits per heavy atom. The van der Waals surface area contributed by atoms with Crippen LogP contribution < -0.4 is 5.32 Å². The molecule has 0 radical (unpaired) electrons. The molecule has 5 nitrogen and oxygen atoms in total. The molecule has 1 aliphatic rings. The summed E-state index contributed by atoms with van der Waals surface area (Å²) >= 11 is 0. The summed E-state index contributed by atoms with van der Waals surface area (Å²) in [5, 5.41) is 22.3. The second kappa shape index (κ2) is 7.91. The quantitative estimate of drug-likeness (QED) is 0.883. The molecule has 1 aromatic heterocycles. The van der Waals surface area contributed by atoms with E-state index in [4.69, 9.17) is 0 Å². The smallest absolute Gasteiger partial charge is 0.144 e. The maximum Gasteiger partial charge on any atom is 0.144 e. The van der Waals surface area contributed by atoms with E-state index in [1.807, 2.05) is 6.07 Å². The predicted molar refractivity (Wildman–Crippen MR) is 93.3 cm³/mol. The van der Waals surface area contributed by atoms with Gasteiger partial charge < -0.3 is 10.4 Å². The Morgan fingerprint density at radius 3 is 2.83 bits per heavy atom. The summed E-state index contributed by atoms with van der Waals surface area (Å²) in [4.78, 5) is 6.67. The van der Waals surface area contributed by atoms with Gasteiger partial charge in [-0.1, -0.05) is 30.3 Å². The molecule has 1 aliphatic heterocycles. The van der Waals surface area contributed by atoms with Crippen LogP contribution in [0.25, 0.3) is 0 Å². The maximum absolute atomic E-state index is 9.70. The number of hydrogen-bond acceptors (Lipinski definition) is 5. The van der Waals surface area contributed by atoms with E-state index in [1.54, 1.807) is 18.3 Å². The first-order valence-electron chi connectivity index (χ1n) is 8.29. The van der Waals surface area contributed by atoms with Crippen LogP contribution in [0.3, 0.4) is 0 Å². The van der Waals surface area contributed by atoms with Crippen molar-refractivity contribution >= 4 is 5.82 Å². The Kier molecular flexibility index (Phi) is 5.42. The summed E-state index contributed by atoms with van der Waals surface area (Å²) in [7, 11) is 0. The lowest BCUT2D eigenvalue weighted by Crippen LogP contribution is -2.48. The summed E-state index contributed by atoms with van der Waals surface area (Å²) in [5.41, 5.74) is 1.82. The molecular formula is C19H22N4O. The van der Waals surface area contributed by atoms with Crippen molar-refractivity contribution < 1.29 is 5.11 Å². The van der Waals surface area contributed by atoms with Gasteiger partial charge in [-0.2, -0.15) is 5.26 Å². The van der Waals surface area contributed by atoms with Crippen molar-refractivity contribution in [3.05, 3.63) is 59.8 Å². The number of nitrogens with one attached hydrogen (secondary N) is 1. The Hall–Kier alpha value is -2.42. The molecule has 5 heteroatoms. The molecule has 2 atom stereocenters. The fourth-order valence-corrected chi connectivity index (χ4v) is 3.22. The Balaban J connectivity index is 1.71. The number of rotatable bonds is 5. The summed E-state index contributed by atoms with van der Waals surface area (Å²) in [6.07, 6.45) is 2.61. The molecule has 24 heavy (non-hydrogen) atoms. The van der Waals surface area contributed by atoms with E-state index in [0.29, 0.717) is 11.4 Å². The third-order valence-corrected chi connectivity index (χ3v) is 4.57. The molecule has 0 saturated carbocycles. The van der Waals surface area contributed by atoms with E-state index in [1.165, 1.54) is 5.56 Å². The molecule has 2 heterocycles. The fourth-order valence-electron chi connectivity index (χ4n) is 3.22. The third kappa shape index (κ3) is 3.91. The summed E-state index contributed by atoms with van der Waals surface area (Å²) in [6.45, 7) is 2.82. The molecule has 1 fully saturated rings. The van der Waals surface area contributed by atoms with Crippen molar-refractivity contribution in [2.75, 3.05) is 25.0 Å². The molecule has 2 N–H and O–H groups in total. The van der Waals surface area contributed by atoms with Gasteiger partial charge in [-0.25, -0.2) is 4.98 Å². The molecule has 124 valence electrons. The Bertz CT molecular complexity index is 698. The number of likely N-dealkylation sites (tertiary alicyclic amines) is 1. The largest absolute Gasteiger partial charge is 0.396 e. The minimum Gasteiger partial charge on any atom is -0.396 e. The Morgan fingerprint density at radius 1 is 1.25 bits per heavy atom. The van der Waals surface area contributed by atoms with Crippen molar-refractivity contribution in [3.63, 3.8) is 0 Å². The van der Waals surface area contributed by atoms with Crippen LogP contribution in [-0.4, -0.2) is 40.7 Å². The van der Waals surface area contributed by atoms with Gasteiger partial charge >= 0.3 is 0 Å². The zero-order valence-electron chi connectivity index (χ0n) is 13.6. The third-order valence-electron chi connectivity index (χ3n) is 4.57. The standard InChI is InChI=1S/C19H22N4O/c20-11-16-7-4-9-21-19(16)22-18-13-23(10-8-17(18)14-24)12-15-5-2-1-3-6-15/h1-7,9,17-18,24H,8,10,12-14H2,(H,21,22)/t17-,18-/m0/s1. The number of pyridine rings is 1. The van der Waals surface area contributed by atoms with E-state index < -0.39 is 0 Å². The number of piperidine rings is 1. The van der Waals surface area contributed by atoms with E-state index in [9.17, 15) is 10.4 Å². The highest BCUT2D eigenvalue weighted by Crippen LogP contribution is 2.23. The number of aliphatic hydroxyl groups excluding tert-OH is 1. The number of anilines is 1. The van der Waals surface area contributed by atoms with Crippen LogP contribution in [0.1, 0.15) is 17.5 Å². The van der Waals surface area contributed by atoms with Crippen LogP contribution in [0, 0.1) is 17.2 Å². The molecule has 3 rings (SSSR count). The number of benzene rings is 1. The number of nitriles is 1. The van der Waals surface area contributed by atoms with Gasteiger partial charge in [0.15, 0.2) is 0 Å². The lowest BCUT2D eigenvalue weighted by atomic mass is 9.91. The summed E-state index contributed by atoms with van der Waals surface area (Å²) in [5.74, 6) is 0.774. The first-order valence-corrected chi connectivity index (χ1v) is 8.29. The molecule has 0 spiro atoms. The van der Waals surface area contributed by atoms with Crippen molar-refractivity contribution in [2.45, 2.75) is 19.0 Å². The van der Waals surface area contributed by atoms with Gasteiger partial charge in [0.1, 0.15) is 11.9 Å². The average Bonchev–Trinajstić information content (AvgIpc) is 2.63. The van der Waals surface area contributed by atoms with Crippen LogP contribution >= 0.6 is 0 Å². The van der Waals surface area contributed by atoms with Gasteiger partial charge in [-0.05, 0) is 30.7 Å². The molecular weight excluding hydrogens is 300 g/mol. The minimum absolute atomic E-state index is 0.0782. The second-order valence-electron chi connectivity index (χ2n) is 6.21. The van der Waals surface area contributed by atoms with Gasteiger partial charge in [-0.15, -0.1) is 0 Å². The van der Waals surface area contributed by atoms with Crippen LogP contribution in [-0.2, 0) is 6.54 Å². The predicted octanol–water partition coefficient (Wildman–Crippen LogP) is 2.25. The van der Waals surface area contributed by atoms with Gasteiger partial charge in [0.05, 0.1) is 5.56 Å². The molecule has 0 aliphatic carbocycles. The van der Waals surface area contributed by atoms with Gasteiger partial charge in [0.2, 0.25) is 0 Å². The van der Waals surface area contributed by atoms with E-state index in [-0.39, 0.29) is 18.6 Å². The molecule has 1 saturated heterocycles. The van der Waals surface area contributed by atoms with Crippen molar-refractivity contribution in [3.8, 4) is 6.07 Å². The summed E-state index contributed by atoms with van der Waals surface area (Å²) < 4.78 is 0. The van der Waals surface area contributed by atoms with E-state index in [2.05, 4.69) is 45.5 Å². The zero-order valence-corrected chi connectivity index (χ0v) is 13.6. The van der Waals surface area contributed by atoms with Crippen LogP contribution in [0.15, 0.2) is 48.7 Å². The van der Waals surface area contributed by atoms with Crippen molar-refractivity contribution in [1.29, 1.82) is 5.26 Å². The number of aliphatic hydroxyl groups is 1. The lowest BCUT2D eigenvalue weighted by molar-refractivity contribution is 0.115. The van der Waals surface area contributed by atoms with Crippen LogP contribution in [0.5, 0.6) is 0 Å². The van der Waals surface area contributed by atoms with E-state index >= 15 is 0 Å². The number of hydrogen-bond donors (Lipinski definition) is 2. The average molecular weight is 322 g/mol. The lowest BCUT2D eigenvalue weighted by Gasteiger charge is -2.38. The minimum atomic E-state index is 0.0782. The normalized spacial score (nSPS) is 21.2. The Labute approximate surface area is 142 Å². The van der Waals surface area contributed by atoms with E-state index in [0.717, 1.165) is 26.1 Å². The van der Waals surface area contributed by atoms with Crippen molar-refractivity contribution in [2.24, 2.45) is 5.92 Å². The second-order valence-corrected chi connectivity index (χ2v) is 6.21. The highest BCUT2D eigenvalue weighted by atomic mass is 16.3. The molecule has 2 aromatic rings. The monoisotopic (exact) mass is 322 g/mol. The van der Waals surface area contributed by atoms with Gasteiger partial charge in [0, 0.05) is 37.9 Å². The van der Waals surface area contributed by atoms with Gasteiger partial charge in [0.25, 0.3) is 0 Å². The maximum atomic E-state index is 9.70. The van der Waals surface area contributed by atoms with Crippen LogP contribution in [0.2, 0.25) is 0 Å². The topological polar surface area (TPSA) is 72.2 Å². The molecule has 0 unspecified atom stereocenters. The van der Waals surface area contributed by atoms with Crippen molar-refractivity contribution in [1.82, 2.24) is 9.88 Å². The number of nitrogens with zero attached hydrogens (tertiary/aromatic N) is 3. The first kappa shape index (κ1) is 16.4. The molecule has 0 bridgehead atoms. The number of aromatic nitrogens is 1. The zero-order chi connectivity index (χ0) is 16.8. The molecule has 1 aromatic carbocycles. The highest BCUT2D eigenvalue weighted by molar-refractivity contribution is 5.52. The van der Waals surface area contributed by atoms with Gasteiger partial charge in [-0.3, -0.25) is 4.90 Å². The highest BCUT2D eigenvalue weighted by Gasteiger charge is 2.29. The van der Waals surface area contributed by atoms with Crippen LogP contribution in [0.4, 0.5) is 5.82 Å². The fraction of sp³-hybridized carbons (Fsp3) is 0.368.